The maximum Gasteiger partial charge on any atom is 0.269 e. The predicted molar refractivity (Wildman–Crippen MR) is 99.3 cm³/mol. The molecule has 25 heavy (non-hydrogen) atoms. The quantitative estimate of drug-likeness (QED) is 0.875. The van der Waals surface area contributed by atoms with Gasteiger partial charge in [0.15, 0.2) is 0 Å². The summed E-state index contributed by atoms with van der Waals surface area (Å²) in [4.78, 5) is 18.1. The number of benzene rings is 1. The smallest absolute Gasteiger partial charge is 0.269 e. The molecule has 0 aliphatic carbocycles. The second kappa shape index (κ2) is 9.91. The molecule has 2 heterocycles. The van der Waals surface area contributed by atoms with Gasteiger partial charge >= 0.3 is 0 Å². The van der Waals surface area contributed by atoms with Crippen LogP contribution >= 0.6 is 0 Å². The highest BCUT2D eigenvalue weighted by Crippen LogP contribution is 2.18. The Morgan fingerprint density at radius 2 is 1.92 bits per heavy atom. The van der Waals surface area contributed by atoms with Crippen LogP contribution in [-0.4, -0.2) is 46.6 Å². The van der Waals surface area contributed by atoms with Crippen molar-refractivity contribution in [2.45, 2.75) is 32.9 Å². The van der Waals surface area contributed by atoms with Gasteiger partial charge in [-0.05, 0) is 29.7 Å². The number of nitrogens with one attached hydrogen (secondary N) is 1. The van der Waals surface area contributed by atoms with Crippen LogP contribution in [0.25, 0.3) is 0 Å². The lowest BCUT2D eigenvalue weighted by atomic mass is 10.00. The van der Waals surface area contributed by atoms with E-state index >= 15 is 0 Å². The molecule has 1 aliphatic rings. The maximum atomic E-state index is 11.9. The summed E-state index contributed by atoms with van der Waals surface area (Å²) in [5, 5.41) is 12.9. The number of aromatic nitrogens is 1. The molecule has 1 atom stereocenters. The van der Waals surface area contributed by atoms with Gasteiger partial charge in [0.05, 0.1) is 6.10 Å². The standard InChI is InChI=1S/C18H21N3O2.C2H6/c22-16(11-20-18(23)17-7-3-4-9-19-17)13-21-10-8-14-5-1-2-6-15(14)12-21;1-2/h1-7,9,16,22H,8,10-13H2,(H,20,23);1-2H3/t16-;/m1./s1. The number of hydrogen-bond acceptors (Lipinski definition) is 4. The molecule has 1 amide bonds. The number of carbonyl (C=O) groups excluding carboxylic acids is 1. The van der Waals surface area contributed by atoms with E-state index in [1.807, 2.05) is 19.9 Å². The molecule has 0 unspecified atom stereocenters. The molecule has 5 nitrogen and oxygen atoms in total. The van der Waals surface area contributed by atoms with Crippen molar-refractivity contribution in [1.29, 1.82) is 0 Å². The summed E-state index contributed by atoms with van der Waals surface area (Å²) >= 11 is 0. The average molecular weight is 341 g/mol. The normalized spacial score (nSPS) is 14.7. The summed E-state index contributed by atoms with van der Waals surface area (Å²) in [6.07, 6.45) is 1.99. The molecule has 0 bridgehead atoms. The molecule has 0 saturated heterocycles. The third-order valence-corrected chi connectivity index (χ3v) is 4.07. The third-order valence-electron chi connectivity index (χ3n) is 4.07. The first kappa shape index (κ1) is 19.1. The summed E-state index contributed by atoms with van der Waals surface area (Å²) in [7, 11) is 0. The first-order valence-electron chi connectivity index (χ1n) is 8.89. The number of hydrogen-bond donors (Lipinski definition) is 2. The zero-order chi connectivity index (χ0) is 18.1. The summed E-state index contributed by atoms with van der Waals surface area (Å²) in [5.41, 5.74) is 3.08. The molecule has 0 fully saturated rings. The van der Waals surface area contributed by atoms with Crippen molar-refractivity contribution in [3.63, 3.8) is 0 Å². The highest BCUT2D eigenvalue weighted by Gasteiger charge is 2.18. The van der Waals surface area contributed by atoms with Crippen LogP contribution in [0.1, 0.15) is 35.5 Å². The topological polar surface area (TPSA) is 65.5 Å². The number of rotatable bonds is 5. The number of amides is 1. The minimum Gasteiger partial charge on any atom is -0.390 e. The van der Waals surface area contributed by atoms with Crippen molar-refractivity contribution >= 4 is 5.91 Å². The number of carbonyl (C=O) groups is 1. The van der Waals surface area contributed by atoms with Crippen molar-refractivity contribution in [2.24, 2.45) is 0 Å². The maximum absolute atomic E-state index is 11.9. The summed E-state index contributed by atoms with van der Waals surface area (Å²) in [5.74, 6) is -0.256. The van der Waals surface area contributed by atoms with Gasteiger partial charge in [-0.15, -0.1) is 0 Å². The van der Waals surface area contributed by atoms with Gasteiger partial charge in [-0.3, -0.25) is 14.7 Å². The van der Waals surface area contributed by atoms with E-state index in [1.165, 1.54) is 11.1 Å². The highest BCUT2D eigenvalue weighted by atomic mass is 16.3. The molecule has 1 aromatic heterocycles. The number of fused-ring (bicyclic) bond motifs is 1. The minimum atomic E-state index is -0.590. The van der Waals surface area contributed by atoms with Gasteiger partial charge in [-0.1, -0.05) is 44.2 Å². The fourth-order valence-electron chi connectivity index (χ4n) is 2.87. The van der Waals surface area contributed by atoms with E-state index in [1.54, 1.807) is 24.4 Å². The molecular formula is C20H27N3O2. The van der Waals surface area contributed by atoms with Gasteiger partial charge in [0.1, 0.15) is 5.69 Å². The highest BCUT2D eigenvalue weighted by molar-refractivity contribution is 5.92. The number of aliphatic hydroxyl groups is 1. The molecule has 1 aliphatic heterocycles. The van der Waals surface area contributed by atoms with Crippen molar-refractivity contribution in [3.05, 3.63) is 65.5 Å². The Labute approximate surface area is 149 Å². The molecule has 5 heteroatoms. The second-order valence-electron chi connectivity index (χ2n) is 5.83. The molecule has 1 aromatic carbocycles. The Balaban J connectivity index is 0.00000109. The van der Waals surface area contributed by atoms with E-state index in [2.05, 4.69) is 33.4 Å². The van der Waals surface area contributed by atoms with Crippen LogP contribution in [0, 0.1) is 0 Å². The first-order valence-corrected chi connectivity index (χ1v) is 8.89. The van der Waals surface area contributed by atoms with E-state index in [9.17, 15) is 9.90 Å². The summed E-state index contributed by atoms with van der Waals surface area (Å²) in [6, 6.07) is 13.6. The predicted octanol–water partition coefficient (Wildman–Crippen LogP) is 2.26. The Kier molecular flexibility index (Phi) is 7.57. The first-order chi connectivity index (χ1) is 12.2. The number of β-amino-alcohol motifs (C(OH)–C–C–N with tert-alkyl or cyclic N) is 1. The number of nitrogens with zero attached hydrogens (tertiary/aromatic N) is 2. The molecule has 0 saturated carbocycles. The molecule has 3 rings (SSSR count). The van der Waals surface area contributed by atoms with Gasteiger partial charge in [0.2, 0.25) is 0 Å². The van der Waals surface area contributed by atoms with Crippen LogP contribution in [0.4, 0.5) is 0 Å². The van der Waals surface area contributed by atoms with Gasteiger partial charge in [-0.2, -0.15) is 0 Å². The SMILES string of the molecule is CC.O=C(NC[C@@H](O)CN1CCc2ccccc2C1)c1ccccn1. The van der Waals surface area contributed by atoms with Crippen molar-refractivity contribution < 1.29 is 9.90 Å². The van der Waals surface area contributed by atoms with Crippen molar-refractivity contribution in [3.8, 4) is 0 Å². The Morgan fingerprint density at radius 1 is 1.20 bits per heavy atom. The Hall–Kier alpha value is -2.24. The van der Waals surface area contributed by atoms with Crippen LogP contribution < -0.4 is 5.32 Å². The lowest BCUT2D eigenvalue weighted by Crippen LogP contribution is -2.42. The Bertz CT molecular complexity index is 661. The lowest BCUT2D eigenvalue weighted by molar-refractivity contribution is 0.0838. The average Bonchev–Trinajstić information content (AvgIpc) is 2.68. The molecule has 2 aromatic rings. The van der Waals surface area contributed by atoms with Crippen LogP contribution in [0.2, 0.25) is 0 Å². The largest absolute Gasteiger partial charge is 0.390 e. The monoisotopic (exact) mass is 341 g/mol. The lowest BCUT2D eigenvalue weighted by Gasteiger charge is -2.30. The van der Waals surface area contributed by atoms with Gasteiger partial charge in [0.25, 0.3) is 5.91 Å². The van der Waals surface area contributed by atoms with Gasteiger partial charge in [0, 0.05) is 32.4 Å². The van der Waals surface area contributed by atoms with E-state index in [0.29, 0.717) is 12.2 Å². The minimum absolute atomic E-state index is 0.230. The second-order valence-corrected chi connectivity index (χ2v) is 5.83. The van der Waals surface area contributed by atoms with E-state index < -0.39 is 6.10 Å². The van der Waals surface area contributed by atoms with E-state index in [4.69, 9.17) is 0 Å². The summed E-state index contributed by atoms with van der Waals surface area (Å²) < 4.78 is 0. The van der Waals surface area contributed by atoms with E-state index in [0.717, 1.165) is 19.5 Å². The molecule has 0 radical (unpaired) electrons. The van der Waals surface area contributed by atoms with Crippen molar-refractivity contribution in [2.75, 3.05) is 19.6 Å². The van der Waals surface area contributed by atoms with Gasteiger partial charge in [-0.25, -0.2) is 0 Å². The van der Waals surface area contributed by atoms with Crippen LogP contribution in [-0.2, 0) is 13.0 Å². The van der Waals surface area contributed by atoms with Crippen LogP contribution in [0.3, 0.4) is 0 Å². The zero-order valence-corrected chi connectivity index (χ0v) is 15.0. The van der Waals surface area contributed by atoms with Gasteiger partial charge < -0.3 is 10.4 Å². The molecule has 2 N–H and O–H groups in total. The molecular weight excluding hydrogens is 314 g/mol. The Morgan fingerprint density at radius 3 is 2.64 bits per heavy atom. The third kappa shape index (κ3) is 5.66. The number of pyridine rings is 1. The van der Waals surface area contributed by atoms with Crippen LogP contribution in [0.15, 0.2) is 48.7 Å². The zero-order valence-electron chi connectivity index (χ0n) is 15.0. The molecule has 134 valence electrons. The fraction of sp³-hybridized carbons (Fsp3) is 0.400. The molecule has 0 spiro atoms. The van der Waals surface area contributed by atoms with Crippen molar-refractivity contribution in [1.82, 2.24) is 15.2 Å². The van der Waals surface area contributed by atoms with Crippen LogP contribution in [0.5, 0.6) is 0 Å². The van der Waals surface area contributed by atoms with E-state index in [-0.39, 0.29) is 12.5 Å². The summed E-state index contributed by atoms with van der Waals surface area (Å²) in [6.45, 7) is 6.56. The number of aliphatic hydroxyl groups excluding tert-OH is 1. The fourth-order valence-corrected chi connectivity index (χ4v) is 2.87.